The molecule has 2 aromatic carbocycles. The first kappa shape index (κ1) is 28.9. The molecule has 2 aliphatic rings. The van der Waals surface area contributed by atoms with Gasteiger partial charge in [0.15, 0.2) is 0 Å². The maximum absolute atomic E-state index is 14.1. The third-order valence-electron chi connectivity index (χ3n) is 6.87. The average molecular weight is 629 g/mol. The Morgan fingerprint density at radius 3 is 2.35 bits per heavy atom. The van der Waals surface area contributed by atoms with Gasteiger partial charge in [-0.25, -0.2) is 4.57 Å². The molecule has 1 N–H and O–H groups in total. The predicted molar refractivity (Wildman–Crippen MR) is 149 cm³/mol. The molecule has 1 fully saturated rings. The fraction of sp³-hybridized carbons (Fsp3) is 0.296. The van der Waals surface area contributed by atoms with Crippen LogP contribution in [0.4, 0.5) is 14.5 Å². The Balaban J connectivity index is 1.53. The molecule has 5 rings (SSSR count). The van der Waals surface area contributed by atoms with Crippen molar-refractivity contribution in [2.24, 2.45) is 0 Å². The van der Waals surface area contributed by atoms with Gasteiger partial charge in [-0.2, -0.15) is 8.78 Å². The number of carbonyl (C=O) groups excluding carboxylic acids is 2. The zero-order valence-corrected chi connectivity index (χ0v) is 23.9. The van der Waals surface area contributed by atoms with Crippen molar-refractivity contribution in [3.63, 3.8) is 0 Å². The lowest BCUT2D eigenvalue weighted by molar-refractivity contribution is -0.119. The molecule has 0 unspecified atom stereocenters. The topological polar surface area (TPSA) is 82.8 Å². The molecule has 0 atom stereocenters. The lowest BCUT2D eigenvalue weighted by atomic mass is 10.0. The molecule has 3 aromatic rings. The van der Waals surface area contributed by atoms with Crippen molar-refractivity contribution in [2.75, 3.05) is 11.4 Å². The second-order valence-electron chi connectivity index (χ2n) is 9.42. The van der Waals surface area contributed by atoms with Crippen LogP contribution in [-0.2, 0) is 30.0 Å². The van der Waals surface area contributed by atoms with E-state index < -0.39 is 22.5 Å². The fourth-order valence-electron chi connectivity index (χ4n) is 4.92. The van der Waals surface area contributed by atoms with E-state index in [1.54, 1.807) is 35.2 Å². The van der Waals surface area contributed by atoms with E-state index in [-0.39, 0.29) is 45.1 Å². The molecule has 3 heterocycles. The summed E-state index contributed by atoms with van der Waals surface area (Å²) in [6, 6.07) is 9.48. The number of amides is 2. The van der Waals surface area contributed by atoms with Crippen LogP contribution in [0.15, 0.2) is 57.2 Å². The first-order valence-corrected chi connectivity index (χ1v) is 14.2. The summed E-state index contributed by atoms with van der Waals surface area (Å²) in [6.07, 6.45) is 2.85. The van der Waals surface area contributed by atoms with Gasteiger partial charge in [0, 0.05) is 53.3 Å². The fourth-order valence-corrected chi connectivity index (χ4v) is 6.64. The minimum Gasteiger partial charge on any atom is -0.392 e. The summed E-state index contributed by atoms with van der Waals surface area (Å²) in [7, 11) is 0. The molecule has 40 heavy (non-hydrogen) atoms. The Morgan fingerprint density at radius 2 is 1.73 bits per heavy atom. The number of halogens is 5. The third kappa shape index (κ3) is 5.47. The molecule has 2 amide bonds. The minimum absolute atomic E-state index is 0.00674. The lowest BCUT2D eigenvalue weighted by Crippen LogP contribution is -2.38. The van der Waals surface area contributed by atoms with Crippen LogP contribution >= 0.6 is 46.6 Å². The van der Waals surface area contributed by atoms with Gasteiger partial charge in [-0.05, 0) is 65.9 Å². The smallest absolute Gasteiger partial charge is 0.392 e. The summed E-state index contributed by atoms with van der Waals surface area (Å²) in [4.78, 5) is 43.0. The van der Waals surface area contributed by atoms with E-state index in [0.29, 0.717) is 34.7 Å². The highest BCUT2D eigenvalue weighted by molar-refractivity contribution is 7.99. The van der Waals surface area contributed by atoms with Crippen molar-refractivity contribution < 1.29 is 23.5 Å². The van der Waals surface area contributed by atoms with Crippen LogP contribution in [0.2, 0.25) is 10.0 Å². The maximum atomic E-state index is 14.1. The number of fused-ring (bicyclic) bond motifs is 1. The second-order valence-corrected chi connectivity index (χ2v) is 11.7. The Hall–Kier alpha value is -2.63. The number of piperidine rings is 1. The van der Waals surface area contributed by atoms with E-state index >= 15 is 0 Å². The standard InChI is InChI=1S/C27H22Cl3F2N3O4S/c28-18-4-3-5-19(29)24(18)40-21-7-9-35(27(30,31)32)26(39)23(21)25(38)33-12-15-10-17(14-36)20(11-16(15)13-33)34-8-2-1-6-22(34)37/h3-5,7,9-11,36H,1-2,6,8,12-14H2. The van der Waals surface area contributed by atoms with Gasteiger partial charge in [-0.3, -0.25) is 14.4 Å². The molecule has 0 radical (unpaired) electrons. The number of benzene rings is 2. The molecule has 0 bridgehead atoms. The van der Waals surface area contributed by atoms with Crippen molar-refractivity contribution in [3.8, 4) is 0 Å². The van der Waals surface area contributed by atoms with Crippen molar-refractivity contribution in [2.45, 2.75) is 54.3 Å². The molecule has 210 valence electrons. The van der Waals surface area contributed by atoms with Crippen molar-refractivity contribution in [1.82, 2.24) is 9.47 Å². The van der Waals surface area contributed by atoms with Gasteiger partial charge >= 0.3 is 5.51 Å². The molecule has 0 saturated carbocycles. The van der Waals surface area contributed by atoms with Crippen LogP contribution in [0.1, 0.15) is 46.3 Å². The molecule has 7 nitrogen and oxygen atoms in total. The van der Waals surface area contributed by atoms with Crippen molar-refractivity contribution in [1.29, 1.82) is 0 Å². The van der Waals surface area contributed by atoms with Gasteiger partial charge in [0.05, 0.1) is 16.7 Å². The number of anilines is 1. The molecule has 0 aliphatic carbocycles. The Labute approximate surface area is 247 Å². The Morgan fingerprint density at radius 1 is 1.05 bits per heavy atom. The number of aromatic nitrogens is 1. The SMILES string of the molecule is O=C(c1c(Sc2c(Cl)cccc2Cl)ccn(C(F)(F)Cl)c1=O)N1Cc2cc(CO)c(N3CCCCC3=O)cc2C1. The summed E-state index contributed by atoms with van der Waals surface area (Å²) in [5, 5.41) is 10.5. The number of hydrogen-bond acceptors (Lipinski definition) is 5. The zero-order valence-electron chi connectivity index (χ0n) is 20.8. The van der Waals surface area contributed by atoms with Crippen LogP contribution in [0.3, 0.4) is 0 Å². The zero-order chi connectivity index (χ0) is 28.8. The highest BCUT2D eigenvalue weighted by Crippen LogP contribution is 2.41. The third-order valence-corrected chi connectivity index (χ3v) is 9.11. The van der Waals surface area contributed by atoms with Crippen LogP contribution in [-0.4, -0.2) is 32.9 Å². The van der Waals surface area contributed by atoms with Crippen LogP contribution < -0.4 is 10.5 Å². The van der Waals surface area contributed by atoms with Gasteiger partial charge in [0.2, 0.25) is 5.91 Å². The summed E-state index contributed by atoms with van der Waals surface area (Å²) < 4.78 is 28.1. The molecule has 0 spiro atoms. The Bertz CT molecular complexity index is 1560. The number of aliphatic hydroxyl groups is 1. The molecule has 2 aliphatic heterocycles. The van der Waals surface area contributed by atoms with Crippen LogP contribution in [0.5, 0.6) is 0 Å². The summed E-state index contributed by atoms with van der Waals surface area (Å²) in [5.74, 6) is -0.832. The molecule has 1 saturated heterocycles. The van der Waals surface area contributed by atoms with Gasteiger partial charge in [0.1, 0.15) is 5.56 Å². The molecular formula is C27H22Cl3F2N3O4S. The van der Waals surface area contributed by atoms with Gasteiger partial charge < -0.3 is 14.9 Å². The normalized spacial score (nSPS) is 15.5. The quantitative estimate of drug-likeness (QED) is 0.328. The largest absolute Gasteiger partial charge is 0.413 e. The summed E-state index contributed by atoms with van der Waals surface area (Å²) in [5.41, 5.74) is -3.30. The van der Waals surface area contributed by atoms with Gasteiger partial charge in [-0.1, -0.05) is 41.0 Å². The molecule has 13 heteroatoms. The minimum atomic E-state index is -4.07. The van der Waals surface area contributed by atoms with Crippen molar-refractivity contribution >= 4 is 64.1 Å². The highest BCUT2D eigenvalue weighted by atomic mass is 35.5. The van der Waals surface area contributed by atoms with Crippen LogP contribution in [0, 0.1) is 0 Å². The predicted octanol–water partition coefficient (Wildman–Crippen LogP) is 6.22. The van der Waals surface area contributed by atoms with E-state index in [2.05, 4.69) is 0 Å². The number of hydrogen-bond donors (Lipinski definition) is 1. The first-order valence-electron chi connectivity index (χ1n) is 12.3. The van der Waals surface area contributed by atoms with Gasteiger partial charge in [-0.15, -0.1) is 0 Å². The van der Waals surface area contributed by atoms with E-state index in [9.17, 15) is 28.3 Å². The molecular weight excluding hydrogens is 607 g/mol. The van der Waals surface area contributed by atoms with Crippen molar-refractivity contribution in [3.05, 3.63) is 85.2 Å². The summed E-state index contributed by atoms with van der Waals surface area (Å²) >= 11 is 18.7. The molecule has 1 aromatic heterocycles. The van der Waals surface area contributed by atoms with E-state index in [1.807, 2.05) is 0 Å². The average Bonchev–Trinajstić information content (AvgIpc) is 3.32. The highest BCUT2D eigenvalue weighted by Gasteiger charge is 2.35. The van der Waals surface area contributed by atoms with Gasteiger partial charge in [0.25, 0.3) is 11.5 Å². The number of aliphatic hydroxyl groups excluding tert-OH is 1. The van der Waals surface area contributed by atoms with E-state index in [4.69, 9.17) is 34.8 Å². The summed E-state index contributed by atoms with van der Waals surface area (Å²) in [6.45, 7) is 0.345. The number of carbonyl (C=O) groups is 2. The first-order chi connectivity index (χ1) is 19.0. The second kappa shape index (κ2) is 11.3. The monoisotopic (exact) mass is 627 g/mol. The van der Waals surface area contributed by atoms with E-state index in [1.165, 1.54) is 11.0 Å². The number of pyridine rings is 1. The lowest BCUT2D eigenvalue weighted by Gasteiger charge is -2.29. The number of nitrogens with zero attached hydrogens (tertiary/aromatic N) is 3. The number of alkyl halides is 3. The van der Waals surface area contributed by atoms with E-state index in [0.717, 1.165) is 36.4 Å². The Kier molecular flexibility index (Phi) is 8.18. The number of rotatable bonds is 6. The maximum Gasteiger partial charge on any atom is 0.413 e. The van der Waals surface area contributed by atoms with Crippen LogP contribution in [0.25, 0.3) is 0 Å².